The standard InChI is InChI=1S/C16H15ClN2OS2/c1-21-14-6-2-12(3-7-14)10-18-19-16(20)11-22-15-8-4-13(17)5-9-15/h2-10H,11H2,1H3,(H,19,20). The fourth-order valence-corrected chi connectivity index (χ4v) is 2.81. The summed E-state index contributed by atoms with van der Waals surface area (Å²) in [5, 5.41) is 4.64. The third-order valence-electron chi connectivity index (χ3n) is 2.70. The van der Waals surface area contributed by atoms with E-state index in [0.717, 1.165) is 10.5 Å². The molecule has 0 unspecified atom stereocenters. The minimum atomic E-state index is -0.142. The van der Waals surface area contributed by atoms with Gasteiger partial charge in [-0.05, 0) is 48.2 Å². The number of nitrogens with one attached hydrogen (secondary N) is 1. The molecule has 0 aliphatic carbocycles. The van der Waals surface area contributed by atoms with Crippen LogP contribution in [0.4, 0.5) is 0 Å². The Morgan fingerprint density at radius 2 is 1.77 bits per heavy atom. The maximum absolute atomic E-state index is 11.7. The number of rotatable bonds is 6. The SMILES string of the molecule is CSc1ccc(C=NNC(=O)CSc2ccc(Cl)cc2)cc1. The molecular weight excluding hydrogens is 336 g/mol. The first kappa shape index (κ1) is 16.9. The van der Waals surface area contributed by atoms with Crippen molar-refractivity contribution in [2.24, 2.45) is 5.10 Å². The van der Waals surface area contributed by atoms with Gasteiger partial charge in [0.15, 0.2) is 0 Å². The molecule has 6 heteroatoms. The van der Waals surface area contributed by atoms with Crippen LogP contribution in [0.25, 0.3) is 0 Å². The summed E-state index contributed by atoms with van der Waals surface area (Å²) in [6.07, 6.45) is 3.66. The number of carbonyl (C=O) groups excluding carboxylic acids is 1. The first-order valence-electron chi connectivity index (χ1n) is 6.52. The first-order chi connectivity index (χ1) is 10.7. The molecular formula is C16H15ClN2OS2. The van der Waals surface area contributed by atoms with E-state index in [0.29, 0.717) is 10.8 Å². The van der Waals surface area contributed by atoms with Crippen molar-refractivity contribution in [3.8, 4) is 0 Å². The molecule has 2 rings (SSSR count). The molecule has 0 heterocycles. The zero-order valence-electron chi connectivity index (χ0n) is 12.0. The number of hydrogen-bond acceptors (Lipinski definition) is 4. The molecule has 0 spiro atoms. The molecule has 1 N–H and O–H groups in total. The third-order valence-corrected chi connectivity index (χ3v) is 4.71. The van der Waals surface area contributed by atoms with Crippen LogP contribution in [0, 0.1) is 0 Å². The molecule has 0 saturated heterocycles. The van der Waals surface area contributed by atoms with Crippen LogP contribution in [0.3, 0.4) is 0 Å². The first-order valence-corrected chi connectivity index (χ1v) is 9.10. The van der Waals surface area contributed by atoms with Gasteiger partial charge in [-0.15, -0.1) is 23.5 Å². The maximum atomic E-state index is 11.7. The van der Waals surface area contributed by atoms with Crippen molar-refractivity contribution in [1.82, 2.24) is 5.43 Å². The summed E-state index contributed by atoms with van der Waals surface area (Å²) in [6, 6.07) is 15.3. The van der Waals surface area contributed by atoms with Crippen LogP contribution in [-0.4, -0.2) is 24.1 Å². The summed E-state index contributed by atoms with van der Waals surface area (Å²) >= 11 is 8.94. The number of thioether (sulfide) groups is 2. The van der Waals surface area contributed by atoms with E-state index >= 15 is 0 Å². The smallest absolute Gasteiger partial charge is 0.250 e. The summed E-state index contributed by atoms with van der Waals surface area (Å²) in [5.74, 6) is 0.168. The second kappa shape index (κ2) is 8.88. The predicted molar refractivity (Wildman–Crippen MR) is 96.1 cm³/mol. The van der Waals surface area contributed by atoms with Gasteiger partial charge >= 0.3 is 0 Å². The minimum absolute atomic E-state index is 0.142. The van der Waals surface area contributed by atoms with Gasteiger partial charge in [0.05, 0.1) is 12.0 Å². The molecule has 0 bridgehead atoms. The Kier molecular flexibility index (Phi) is 6.83. The lowest BCUT2D eigenvalue weighted by molar-refractivity contribution is -0.118. The van der Waals surface area contributed by atoms with Crippen molar-refractivity contribution in [2.45, 2.75) is 9.79 Å². The van der Waals surface area contributed by atoms with Crippen LogP contribution in [0.15, 0.2) is 63.4 Å². The lowest BCUT2D eigenvalue weighted by Gasteiger charge is -2.01. The average molecular weight is 351 g/mol. The molecule has 114 valence electrons. The fraction of sp³-hybridized carbons (Fsp3) is 0.125. The molecule has 2 aromatic carbocycles. The van der Waals surface area contributed by atoms with E-state index in [9.17, 15) is 4.79 Å². The Balaban J connectivity index is 1.76. The van der Waals surface area contributed by atoms with E-state index in [-0.39, 0.29) is 5.91 Å². The molecule has 0 fully saturated rings. The zero-order chi connectivity index (χ0) is 15.8. The topological polar surface area (TPSA) is 41.5 Å². The van der Waals surface area contributed by atoms with Crippen LogP contribution in [0.1, 0.15) is 5.56 Å². The Bertz CT molecular complexity index is 642. The number of nitrogens with zero attached hydrogens (tertiary/aromatic N) is 1. The normalized spacial score (nSPS) is 10.8. The second-order valence-corrected chi connectivity index (χ2v) is 6.67. The van der Waals surface area contributed by atoms with Gasteiger partial charge in [0, 0.05) is 14.8 Å². The van der Waals surface area contributed by atoms with Gasteiger partial charge in [0.25, 0.3) is 0 Å². The molecule has 2 aromatic rings. The lowest BCUT2D eigenvalue weighted by Crippen LogP contribution is -2.19. The number of halogens is 1. The van der Waals surface area contributed by atoms with E-state index in [1.165, 1.54) is 16.7 Å². The Morgan fingerprint density at radius 1 is 1.14 bits per heavy atom. The maximum Gasteiger partial charge on any atom is 0.250 e. The van der Waals surface area contributed by atoms with Crippen molar-refractivity contribution in [3.05, 3.63) is 59.1 Å². The highest BCUT2D eigenvalue weighted by atomic mass is 35.5. The molecule has 0 radical (unpaired) electrons. The Morgan fingerprint density at radius 3 is 2.41 bits per heavy atom. The van der Waals surface area contributed by atoms with E-state index in [1.807, 2.05) is 42.7 Å². The fourth-order valence-electron chi connectivity index (χ4n) is 1.58. The molecule has 0 aromatic heterocycles. The van der Waals surface area contributed by atoms with Crippen LogP contribution in [0.5, 0.6) is 0 Å². The number of carbonyl (C=O) groups is 1. The average Bonchev–Trinajstić information content (AvgIpc) is 2.55. The Labute approximate surface area is 143 Å². The molecule has 1 amide bonds. The van der Waals surface area contributed by atoms with Gasteiger partial charge in [-0.1, -0.05) is 23.7 Å². The highest BCUT2D eigenvalue weighted by Gasteiger charge is 2.01. The summed E-state index contributed by atoms with van der Waals surface area (Å²) in [7, 11) is 0. The highest BCUT2D eigenvalue weighted by molar-refractivity contribution is 8.00. The lowest BCUT2D eigenvalue weighted by atomic mass is 10.2. The van der Waals surface area contributed by atoms with Gasteiger partial charge in [0.2, 0.25) is 5.91 Å². The minimum Gasteiger partial charge on any atom is -0.272 e. The molecule has 0 atom stereocenters. The predicted octanol–water partition coefficient (Wildman–Crippen LogP) is 4.30. The summed E-state index contributed by atoms with van der Waals surface area (Å²) in [4.78, 5) is 13.9. The van der Waals surface area contributed by atoms with Crippen molar-refractivity contribution < 1.29 is 4.79 Å². The molecule has 0 aliphatic heterocycles. The number of amides is 1. The van der Waals surface area contributed by atoms with E-state index in [2.05, 4.69) is 10.5 Å². The molecule has 22 heavy (non-hydrogen) atoms. The van der Waals surface area contributed by atoms with Crippen LogP contribution in [0.2, 0.25) is 5.02 Å². The van der Waals surface area contributed by atoms with Gasteiger partial charge in [-0.3, -0.25) is 4.79 Å². The van der Waals surface area contributed by atoms with Gasteiger partial charge in [-0.25, -0.2) is 5.43 Å². The van der Waals surface area contributed by atoms with Gasteiger partial charge < -0.3 is 0 Å². The second-order valence-electron chi connectivity index (χ2n) is 4.31. The van der Waals surface area contributed by atoms with Gasteiger partial charge in [0.1, 0.15) is 0 Å². The van der Waals surface area contributed by atoms with Crippen molar-refractivity contribution in [3.63, 3.8) is 0 Å². The molecule has 3 nitrogen and oxygen atoms in total. The zero-order valence-corrected chi connectivity index (χ0v) is 14.3. The van der Waals surface area contributed by atoms with E-state index in [4.69, 9.17) is 11.6 Å². The number of benzene rings is 2. The van der Waals surface area contributed by atoms with Crippen molar-refractivity contribution >= 4 is 47.2 Å². The van der Waals surface area contributed by atoms with Crippen LogP contribution in [-0.2, 0) is 4.79 Å². The molecule has 0 saturated carbocycles. The Hall–Kier alpha value is -1.43. The van der Waals surface area contributed by atoms with E-state index in [1.54, 1.807) is 30.1 Å². The van der Waals surface area contributed by atoms with E-state index < -0.39 is 0 Å². The molecule has 0 aliphatic rings. The quantitative estimate of drug-likeness (QED) is 0.479. The monoisotopic (exact) mass is 350 g/mol. The summed E-state index contributed by atoms with van der Waals surface area (Å²) in [6.45, 7) is 0. The third kappa shape index (κ3) is 5.75. The number of hydrogen-bond donors (Lipinski definition) is 1. The summed E-state index contributed by atoms with van der Waals surface area (Å²) in [5.41, 5.74) is 3.47. The number of hydrazone groups is 1. The van der Waals surface area contributed by atoms with Gasteiger partial charge in [-0.2, -0.15) is 5.10 Å². The highest BCUT2D eigenvalue weighted by Crippen LogP contribution is 2.19. The van der Waals surface area contributed by atoms with Crippen molar-refractivity contribution in [1.29, 1.82) is 0 Å². The summed E-state index contributed by atoms with van der Waals surface area (Å²) < 4.78 is 0. The largest absolute Gasteiger partial charge is 0.272 e. The van der Waals surface area contributed by atoms with Crippen LogP contribution >= 0.6 is 35.1 Å². The van der Waals surface area contributed by atoms with Crippen LogP contribution < -0.4 is 5.43 Å². The van der Waals surface area contributed by atoms with Crippen molar-refractivity contribution in [2.75, 3.05) is 12.0 Å².